The van der Waals surface area contributed by atoms with E-state index in [4.69, 9.17) is 22.1 Å². The summed E-state index contributed by atoms with van der Waals surface area (Å²) in [6, 6.07) is 0. The number of hydrogen-bond acceptors (Lipinski definition) is 4. The Morgan fingerprint density at radius 2 is 2.09 bits per heavy atom. The molecule has 0 saturated carbocycles. The van der Waals surface area contributed by atoms with Crippen LogP contribution in [0.4, 0.5) is 5.95 Å². The summed E-state index contributed by atoms with van der Waals surface area (Å²) in [5, 5.41) is 0.404. The minimum Gasteiger partial charge on any atom is -0.480 e. The first-order valence-electron chi connectivity index (χ1n) is 2.98. The molecule has 1 aromatic heterocycles. The lowest BCUT2D eigenvalue weighted by atomic mass is 10.4. The summed E-state index contributed by atoms with van der Waals surface area (Å²) in [4.78, 5) is 7.60. The second kappa shape index (κ2) is 2.92. The summed E-state index contributed by atoms with van der Waals surface area (Å²) in [7, 11) is 1.48. The largest absolute Gasteiger partial charge is 0.480 e. The van der Waals surface area contributed by atoms with Gasteiger partial charge in [0.15, 0.2) is 0 Å². The van der Waals surface area contributed by atoms with Gasteiger partial charge in [-0.3, -0.25) is 0 Å². The van der Waals surface area contributed by atoms with E-state index in [1.165, 1.54) is 7.11 Å². The highest BCUT2D eigenvalue weighted by molar-refractivity contribution is 6.32. The third-order valence-electron chi connectivity index (χ3n) is 1.20. The number of anilines is 1. The van der Waals surface area contributed by atoms with E-state index in [-0.39, 0.29) is 5.95 Å². The first kappa shape index (κ1) is 8.07. The molecule has 0 spiro atoms. The fourth-order valence-corrected chi connectivity index (χ4v) is 0.851. The highest BCUT2D eigenvalue weighted by Crippen LogP contribution is 2.24. The zero-order chi connectivity index (χ0) is 8.43. The van der Waals surface area contributed by atoms with E-state index < -0.39 is 0 Å². The number of nitrogen functional groups attached to an aromatic ring is 1. The molecule has 1 aromatic rings. The van der Waals surface area contributed by atoms with Gasteiger partial charge in [0.05, 0.1) is 12.8 Å². The second-order valence-electron chi connectivity index (χ2n) is 1.99. The van der Waals surface area contributed by atoms with Crippen LogP contribution in [0.15, 0.2) is 0 Å². The van der Waals surface area contributed by atoms with Crippen LogP contribution < -0.4 is 10.5 Å². The van der Waals surface area contributed by atoms with Crippen molar-refractivity contribution in [2.75, 3.05) is 12.8 Å². The molecular formula is C6H8ClN3O. The maximum absolute atomic E-state index is 5.76. The van der Waals surface area contributed by atoms with Gasteiger partial charge in [0, 0.05) is 0 Å². The van der Waals surface area contributed by atoms with Crippen molar-refractivity contribution in [3.05, 3.63) is 10.7 Å². The van der Waals surface area contributed by atoms with E-state index >= 15 is 0 Å². The summed E-state index contributed by atoms with van der Waals surface area (Å²) < 4.78 is 4.84. The molecule has 0 aliphatic rings. The number of hydrogen-bond donors (Lipinski definition) is 1. The number of aromatic nitrogens is 2. The van der Waals surface area contributed by atoms with Crippen molar-refractivity contribution in [3.63, 3.8) is 0 Å². The molecule has 0 radical (unpaired) electrons. The zero-order valence-electron chi connectivity index (χ0n) is 6.26. The summed E-state index contributed by atoms with van der Waals surface area (Å²) >= 11 is 5.76. The number of methoxy groups -OCH3 is 1. The van der Waals surface area contributed by atoms with E-state index in [2.05, 4.69) is 9.97 Å². The van der Waals surface area contributed by atoms with Crippen LogP contribution in [-0.2, 0) is 0 Å². The van der Waals surface area contributed by atoms with E-state index in [0.717, 1.165) is 0 Å². The number of aryl methyl sites for hydroxylation is 1. The maximum atomic E-state index is 5.76. The van der Waals surface area contributed by atoms with Gasteiger partial charge in [0.25, 0.3) is 0 Å². The quantitative estimate of drug-likeness (QED) is 0.689. The van der Waals surface area contributed by atoms with Crippen LogP contribution in [0.2, 0.25) is 5.02 Å². The van der Waals surface area contributed by atoms with Crippen LogP contribution in [0.25, 0.3) is 0 Å². The monoisotopic (exact) mass is 173 g/mol. The lowest BCUT2D eigenvalue weighted by Gasteiger charge is -2.03. The fourth-order valence-electron chi connectivity index (χ4n) is 0.689. The Bertz CT molecular complexity index is 277. The van der Waals surface area contributed by atoms with E-state index in [9.17, 15) is 0 Å². The molecule has 0 aromatic carbocycles. The molecule has 0 bridgehead atoms. The summed E-state index contributed by atoms with van der Waals surface area (Å²) in [5.74, 6) is 0.486. The van der Waals surface area contributed by atoms with Gasteiger partial charge in [-0.15, -0.1) is 0 Å². The predicted octanol–water partition coefficient (Wildman–Crippen LogP) is 1.03. The summed E-state index contributed by atoms with van der Waals surface area (Å²) in [6.07, 6.45) is 0. The van der Waals surface area contributed by atoms with Crippen LogP contribution in [0.3, 0.4) is 0 Å². The molecule has 11 heavy (non-hydrogen) atoms. The summed E-state index contributed by atoms with van der Waals surface area (Å²) in [5.41, 5.74) is 5.96. The Labute approximate surface area is 69.4 Å². The Balaban J connectivity index is 3.24. The van der Waals surface area contributed by atoms with Crippen molar-refractivity contribution in [3.8, 4) is 5.88 Å². The van der Waals surface area contributed by atoms with Crippen molar-refractivity contribution >= 4 is 17.5 Å². The average molecular weight is 174 g/mol. The van der Waals surface area contributed by atoms with Crippen molar-refractivity contribution in [2.45, 2.75) is 6.92 Å². The SMILES string of the molecule is COc1nc(N)nc(C)c1Cl. The standard InChI is InChI=1S/C6H8ClN3O/c1-3-4(7)5(11-2)10-6(8)9-3/h1-2H3,(H2,8,9,10). The van der Waals surface area contributed by atoms with Gasteiger partial charge in [-0.2, -0.15) is 4.98 Å². The second-order valence-corrected chi connectivity index (χ2v) is 2.37. The molecule has 4 nitrogen and oxygen atoms in total. The molecule has 0 aliphatic carbocycles. The molecule has 0 unspecified atom stereocenters. The summed E-state index contributed by atoms with van der Waals surface area (Å²) in [6.45, 7) is 1.74. The topological polar surface area (TPSA) is 61.0 Å². The third kappa shape index (κ3) is 1.51. The lowest BCUT2D eigenvalue weighted by Crippen LogP contribution is -2.00. The number of ether oxygens (including phenoxy) is 1. The minimum absolute atomic E-state index is 0.170. The van der Waals surface area contributed by atoms with Crippen molar-refractivity contribution in [1.29, 1.82) is 0 Å². The molecule has 2 N–H and O–H groups in total. The lowest BCUT2D eigenvalue weighted by molar-refractivity contribution is 0.397. The smallest absolute Gasteiger partial charge is 0.237 e. The predicted molar refractivity (Wildman–Crippen MR) is 42.7 cm³/mol. The Morgan fingerprint density at radius 3 is 2.64 bits per heavy atom. The fraction of sp³-hybridized carbons (Fsp3) is 0.333. The normalized spacial score (nSPS) is 9.73. The average Bonchev–Trinajstić information content (AvgIpc) is 1.96. The molecular weight excluding hydrogens is 166 g/mol. The van der Waals surface area contributed by atoms with Crippen molar-refractivity contribution < 1.29 is 4.74 Å². The molecule has 0 aliphatic heterocycles. The molecule has 0 fully saturated rings. The van der Waals surface area contributed by atoms with E-state index in [0.29, 0.717) is 16.6 Å². The van der Waals surface area contributed by atoms with Crippen LogP contribution in [0.5, 0.6) is 5.88 Å². The van der Waals surface area contributed by atoms with Gasteiger partial charge in [0.1, 0.15) is 5.02 Å². The van der Waals surface area contributed by atoms with Gasteiger partial charge >= 0.3 is 0 Å². The molecule has 0 saturated heterocycles. The van der Waals surface area contributed by atoms with E-state index in [1.54, 1.807) is 6.92 Å². The van der Waals surface area contributed by atoms with Crippen LogP contribution in [0, 0.1) is 6.92 Å². The van der Waals surface area contributed by atoms with Crippen molar-refractivity contribution in [1.82, 2.24) is 9.97 Å². The first-order valence-corrected chi connectivity index (χ1v) is 3.36. The van der Waals surface area contributed by atoms with Gasteiger partial charge in [-0.05, 0) is 6.92 Å². The third-order valence-corrected chi connectivity index (χ3v) is 1.63. The molecule has 1 heterocycles. The van der Waals surface area contributed by atoms with Gasteiger partial charge in [0.2, 0.25) is 11.8 Å². The highest BCUT2D eigenvalue weighted by Gasteiger charge is 2.07. The van der Waals surface area contributed by atoms with E-state index in [1.807, 2.05) is 0 Å². The molecule has 1 rings (SSSR count). The zero-order valence-corrected chi connectivity index (χ0v) is 7.01. The number of rotatable bonds is 1. The maximum Gasteiger partial charge on any atom is 0.237 e. The van der Waals surface area contributed by atoms with Gasteiger partial charge in [-0.1, -0.05) is 11.6 Å². The van der Waals surface area contributed by atoms with Crippen LogP contribution in [0.1, 0.15) is 5.69 Å². The van der Waals surface area contributed by atoms with Gasteiger partial charge < -0.3 is 10.5 Å². The Kier molecular flexibility index (Phi) is 2.14. The molecule has 0 amide bonds. The Hall–Kier alpha value is -1.03. The van der Waals surface area contributed by atoms with Crippen LogP contribution in [-0.4, -0.2) is 17.1 Å². The number of nitrogens with two attached hydrogens (primary N) is 1. The van der Waals surface area contributed by atoms with Crippen molar-refractivity contribution in [2.24, 2.45) is 0 Å². The highest BCUT2D eigenvalue weighted by atomic mass is 35.5. The molecule has 0 atom stereocenters. The number of halogens is 1. The molecule has 5 heteroatoms. The Morgan fingerprint density at radius 1 is 1.45 bits per heavy atom. The minimum atomic E-state index is 0.170. The first-order chi connectivity index (χ1) is 5.15. The molecule has 60 valence electrons. The van der Waals surface area contributed by atoms with Gasteiger partial charge in [-0.25, -0.2) is 4.98 Å². The van der Waals surface area contributed by atoms with Crippen LogP contribution >= 0.6 is 11.6 Å². The number of nitrogens with zero attached hydrogens (tertiary/aromatic N) is 2.